The number of pyridine rings is 1. The van der Waals surface area contributed by atoms with Gasteiger partial charge in [-0.2, -0.15) is 0 Å². The van der Waals surface area contributed by atoms with E-state index in [2.05, 4.69) is 34.1 Å². The van der Waals surface area contributed by atoms with Gasteiger partial charge in [-0.15, -0.1) is 11.3 Å². The Morgan fingerprint density at radius 2 is 2.26 bits per heavy atom. The van der Waals surface area contributed by atoms with Crippen molar-refractivity contribution in [3.63, 3.8) is 0 Å². The first-order valence-electron chi connectivity index (χ1n) is 7.99. The summed E-state index contributed by atoms with van der Waals surface area (Å²) in [5.41, 5.74) is 2.28. The summed E-state index contributed by atoms with van der Waals surface area (Å²) < 4.78 is 2.21. The van der Waals surface area contributed by atoms with Crippen LogP contribution in [0.15, 0.2) is 42.0 Å². The van der Waals surface area contributed by atoms with E-state index in [0.717, 1.165) is 29.9 Å². The van der Waals surface area contributed by atoms with Crippen LogP contribution in [0.4, 0.5) is 0 Å². The van der Waals surface area contributed by atoms with Crippen molar-refractivity contribution in [2.75, 3.05) is 6.54 Å². The molecule has 0 saturated carbocycles. The smallest absolute Gasteiger partial charge is 0.225 e. The second-order valence-corrected chi connectivity index (χ2v) is 6.61. The second-order valence-electron chi connectivity index (χ2n) is 5.58. The summed E-state index contributed by atoms with van der Waals surface area (Å²) in [6, 6.07) is 8.05. The fourth-order valence-corrected chi connectivity index (χ4v) is 3.48. The van der Waals surface area contributed by atoms with Gasteiger partial charge in [0.1, 0.15) is 5.65 Å². The molecule has 0 aliphatic carbocycles. The van der Waals surface area contributed by atoms with Crippen LogP contribution in [0.3, 0.4) is 0 Å². The normalized spacial score (nSPS) is 11.0. The largest absolute Gasteiger partial charge is 0.355 e. The van der Waals surface area contributed by atoms with E-state index in [1.165, 1.54) is 10.9 Å². The summed E-state index contributed by atoms with van der Waals surface area (Å²) >= 11 is 1.62. The molecule has 1 amide bonds. The molecule has 120 valence electrons. The summed E-state index contributed by atoms with van der Waals surface area (Å²) in [6.07, 6.45) is 6.39. The van der Waals surface area contributed by atoms with Crippen LogP contribution in [0.25, 0.3) is 11.0 Å². The number of aromatic nitrogens is 2. The number of carbonyl (C=O) groups excluding carboxylic acids is 1. The summed E-state index contributed by atoms with van der Waals surface area (Å²) in [4.78, 5) is 17.5. The van der Waals surface area contributed by atoms with Crippen LogP contribution in [0, 0.1) is 0 Å². The Bertz CT molecular complexity index is 777. The lowest BCUT2D eigenvalue weighted by Gasteiger charge is -2.03. The molecular weight excluding hydrogens is 306 g/mol. The minimum atomic E-state index is 0.0860. The molecule has 0 saturated heterocycles. The summed E-state index contributed by atoms with van der Waals surface area (Å²) in [6.45, 7) is 3.79. The highest BCUT2D eigenvalue weighted by molar-refractivity contribution is 7.10. The molecule has 0 aromatic carbocycles. The van der Waals surface area contributed by atoms with Crippen LogP contribution in [-0.2, 0) is 24.2 Å². The minimum Gasteiger partial charge on any atom is -0.355 e. The van der Waals surface area contributed by atoms with Crippen molar-refractivity contribution in [2.45, 2.75) is 32.7 Å². The van der Waals surface area contributed by atoms with Gasteiger partial charge >= 0.3 is 0 Å². The van der Waals surface area contributed by atoms with Gasteiger partial charge in [0.15, 0.2) is 0 Å². The number of aryl methyl sites for hydroxylation is 1. The highest BCUT2D eigenvalue weighted by Crippen LogP contribution is 2.20. The fraction of sp³-hybridized carbons (Fsp3) is 0.333. The second kappa shape index (κ2) is 7.42. The maximum Gasteiger partial charge on any atom is 0.225 e. The van der Waals surface area contributed by atoms with Gasteiger partial charge in [-0.25, -0.2) is 4.98 Å². The molecule has 0 bridgehead atoms. The third-order valence-electron chi connectivity index (χ3n) is 3.81. The van der Waals surface area contributed by atoms with Gasteiger partial charge in [-0.1, -0.05) is 13.0 Å². The number of rotatable bonds is 7. The Kier molecular flexibility index (Phi) is 5.08. The molecule has 3 heterocycles. The van der Waals surface area contributed by atoms with Gasteiger partial charge in [-0.05, 0) is 42.0 Å². The molecule has 0 spiro atoms. The highest BCUT2D eigenvalue weighted by atomic mass is 32.1. The van der Waals surface area contributed by atoms with Gasteiger partial charge in [-0.3, -0.25) is 4.79 Å². The topological polar surface area (TPSA) is 46.9 Å². The molecule has 3 rings (SSSR count). The van der Waals surface area contributed by atoms with Crippen LogP contribution in [-0.4, -0.2) is 22.0 Å². The van der Waals surface area contributed by atoms with Gasteiger partial charge < -0.3 is 9.88 Å². The Morgan fingerprint density at radius 1 is 1.35 bits per heavy atom. The monoisotopic (exact) mass is 327 g/mol. The van der Waals surface area contributed by atoms with Crippen LogP contribution in [0.5, 0.6) is 0 Å². The first-order valence-corrected chi connectivity index (χ1v) is 8.87. The van der Waals surface area contributed by atoms with Gasteiger partial charge in [0.2, 0.25) is 5.91 Å². The highest BCUT2D eigenvalue weighted by Gasteiger charge is 2.09. The molecule has 5 heteroatoms. The van der Waals surface area contributed by atoms with Crippen LogP contribution < -0.4 is 5.32 Å². The van der Waals surface area contributed by atoms with Crippen LogP contribution >= 0.6 is 11.3 Å². The molecule has 4 nitrogen and oxygen atoms in total. The number of carbonyl (C=O) groups is 1. The molecule has 0 unspecified atom stereocenters. The zero-order valence-electron chi connectivity index (χ0n) is 13.3. The zero-order valence-corrected chi connectivity index (χ0v) is 14.1. The molecular formula is C18H21N3OS. The first kappa shape index (κ1) is 15.7. The average molecular weight is 327 g/mol. The number of hydrogen-bond acceptors (Lipinski definition) is 3. The van der Waals surface area contributed by atoms with Gasteiger partial charge in [0.05, 0.1) is 6.42 Å². The predicted molar refractivity (Wildman–Crippen MR) is 94.8 cm³/mol. The van der Waals surface area contributed by atoms with Crippen molar-refractivity contribution in [2.24, 2.45) is 0 Å². The number of hydrogen-bond donors (Lipinski definition) is 1. The number of thiophene rings is 1. The quantitative estimate of drug-likeness (QED) is 0.723. The Labute approximate surface area is 140 Å². The minimum absolute atomic E-state index is 0.0860. The molecule has 3 aromatic rings. The van der Waals surface area contributed by atoms with E-state index in [1.54, 1.807) is 11.3 Å². The number of nitrogens with one attached hydrogen (secondary N) is 1. The van der Waals surface area contributed by atoms with Gasteiger partial charge in [0, 0.05) is 35.7 Å². The molecule has 3 aromatic heterocycles. The predicted octanol–water partition coefficient (Wildman–Crippen LogP) is 3.41. The van der Waals surface area contributed by atoms with Crippen molar-refractivity contribution >= 4 is 28.3 Å². The van der Waals surface area contributed by atoms with Crippen LogP contribution in [0.2, 0.25) is 0 Å². The van der Waals surface area contributed by atoms with Gasteiger partial charge in [0.25, 0.3) is 0 Å². The fourth-order valence-electron chi connectivity index (χ4n) is 2.78. The molecule has 23 heavy (non-hydrogen) atoms. The standard InChI is InChI=1S/C18H21N3OS/c1-2-10-21-13-14(16-6-3-8-20-18(16)21)7-9-19-17(22)12-15-5-4-11-23-15/h3-6,8,11,13H,2,7,9-10,12H2,1H3,(H,19,22). The third-order valence-corrected chi connectivity index (χ3v) is 4.69. The van der Waals surface area contributed by atoms with Crippen molar-refractivity contribution < 1.29 is 4.79 Å². The summed E-state index contributed by atoms with van der Waals surface area (Å²) in [5.74, 6) is 0.0860. The van der Waals surface area contributed by atoms with Crippen LogP contribution in [0.1, 0.15) is 23.8 Å². The third kappa shape index (κ3) is 3.79. The molecule has 0 aliphatic heterocycles. The van der Waals surface area contributed by atoms with E-state index in [9.17, 15) is 4.79 Å². The van der Waals surface area contributed by atoms with Crippen molar-refractivity contribution in [3.8, 4) is 0 Å². The molecule has 0 radical (unpaired) electrons. The van der Waals surface area contributed by atoms with E-state index in [1.807, 2.05) is 29.8 Å². The molecule has 0 aliphatic rings. The van der Waals surface area contributed by atoms with Crippen molar-refractivity contribution in [1.29, 1.82) is 0 Å². The summed E-state index contributed by atoms with van der Waals surface area (Å²) in [7, 11) is 0. The lowest BCUT2D eigenvalue weighted by atomic mass is 10.1. The van der Waals surface area contributed by atoms with E-state index in [4.69, 9.17) is 0 Å². The zero-order chi connectivity index (χ0) is 16.1. The Balaban J connectivity index is 1.62. The average Bonchev–Trinajstić information content (AvgIpc) is 3.17. The Morgan fingerprint density at radius 3 is 3.04 bits per heavy atom. The number of nitrogens with zero attached hydrogens (tertiary/aromatic N) is 2. The maximum atomic E-state index is 11.9. The first-order chi connectivity index (χ1) is 11.3. The maximum absolute atomic E-state index is 11.9. The van der Waals surface area contributed by atoms with E-state index < -0.39 is 0 Å². The van der Waals surface area contributed by atoms with E-state index in [-0.39, 0.29) is 5.91 Å². The van der Waals surface area contributed by atoms with E-state index in [0.29, 0.717) is 13.0 Å². The number of amides is 1. The lowest BCUT2D eigenvalue weighted by molar-refractivity contribution is -0.120. The molecule has 0 fully saturated rings. The van der Waals surface area contributed by atoms with Crippen molar-refractivity contribution in [1.82, 2.24) is 14.9 Å². The van der Waals surface area contributed by atoms with Crippen molar-refractivity contribution in [3.05, 3.63) is 52.5 Å². The number of fused-ring (bicyclic) bond motifs is 1. The Hall–Kier alpha value is -2.14. The van der Waals surface area contributed by atoms with E-state index >= 15 is 0 Å². The lowest BCUT2D eigenvalue weighted by Crippen LogP contribution is -2.26. The molecule has 1 N–H and O–H groups in total. The molecule has 0 atom stereocenters. The summed E-state index contributed by atoms with van der Waals surface area (Å²) in [5, 5.41) is 6.20. The SMILES string of the molecule is CCCn1cc(CCNC(=O)Cc2cccs2)c2cccnc21.